The molecule has 1 unspecified atom stereocenters. The minimum Gasteiger partial charge on any atom is -0.312 e. The van der Waals surface area contributed by atoms with Crippen molar-refractivity contribution in [2.45, 2.75) is 37.6 Å². The number of fused-ring (bicyclic) bond motifs is 1. The Kier molecular flexibility index (Phi) is 4.95. The molecular weight excluding hydrogens is 278 g/mol. The van der Waals surface area contributed by atoms with Crippen molar-refractivity contribution >= 4 is 11.6 Å². The number of rotatable bonds is 5. The van der Waals surface area contributed by atoms with Gasteiger partial charge in [-0.2, -0.15) is 0 Å². The second-order valence-corrected chi connectivity index (χ2v) is 6.14. The molecule has 0 heterocycles. The zero-order chi connectivity index (χ0) is 14.5. The van der Waals surface area contributed by atoms with Crippen molar-refractivity contribution in [3.05, 3.63) is 70.8 Å². The predicted molar refractivity (Wildman–Crippen MR) is 89.8 cm³/mol. The monoisotopic (exact) mass is 299 g/mol. The maximum absolute atomic E-state index is 5.82. The number of nitrogens with one attached hydrogen (secondary N) is 1. The van der Waals surface area contributed by atoms with E-state index in [0.29, 0.717) is 11.8 Å². The molecule has 1 aliphatic carbocycles. The first kappa shape index (κ1) is 14.6. The molecule has 0 aliphatic heterocycles. The summed E-state index contributed by atoms with van der Waals surface area (Å²) in [5.41, 5.74) is 5.60. The Morgan fingerprint density at radius 2 is 1.76 bits per heavy atom. The Balaban J connectivity index is 1.56. The fraction of sp³-hybridized carbons (Fsp3) is 0.368. The first-order valence-corrected chi connectivity index (χ1v) is 8.32. The normalized spacial score (nSPS) is 17.5. The fourth-order valence-electron chi connectivity index (χ4n) is 3.20. The quantitative estimate of drug-likeness (QED) is 0.793. The summed E-state index contributed by atoms with van der Waals surface area (Å²) in [4.78, 5) is 0. The Labute approximate surface area is 132 Å². The summed E-state index contributed by atoms with van der Waals surface area (Å²) in [6.45, 7) is 2.00. The lowest BCUT2D eigenvalue weighted by Gasteiger charge is -2.25. The fourth-order valence-corrected chi connectivity index (χ4v) is 3.38. The van der Waals surface area contributed by atoms with Crippen LogP contribution >= 0.6 is 11.6 Å². The highest BCUT2D eigenvalue weighted by Gasteiger charge is 2.18. The first-order valence-electron chi connectivity index (χ1n) is 7.79. The summed E-state index contributed by atoms with van der Waals surface area (Å²) in [5, 5.41) is 3.62. The molecule has 0 saturated heterocycles. The van der Waals surface area contributed by atoms with Crippen molar-refractivity contribution < 1.29 is 0 Å². The van der Waals surface area contributed by atoms with Gasteiger partial charge in [0.15, 0.2) is 0 Å². The summed E-state index contributed by atoms with van der Waals surface area (Å²) in [6, 6.07) is 17.5. The molecule has 2 heteroatoms. The molecule has 2 aromatic rings. The highest BCUT2D eigenvalue weighted by molar-refractivity contribution is 6.17. The van der Waals surface area contributed by atoms with Crippen molar-refractivity contribution in [1.29, 1.82) is 0 Å². The number of hydrogen-bond donors (Lipinski definition) is 1. The van der Waals surface area contributed by atoms with Crippen LogP contribution in [0.25, 0.3) is 0 Å². The number of aryl methyl sites for hydroxylation is 1. The van der Waals surface area contributed by atoms with Gasteiger partial charge in [0, 0.05) is 19.0 Å². The van der Waals surface area contributed by atoms with E-state index in [1.165, 1.54) is 30.4 Å². The zero-order valence-electron chi connectivity index (χ0n) is 12.3. The third-order valence-corrected chi connectivity index (χ3v) is 4.70. The molecule has 0 spiro atoms. The Morgan fingerprint density at radius 3 is 2.57 bits per heavy atom. The second kappa shape index (κ2) is 7.11. The van der Waals surface area contributed by atoms with Gasteiger partial charge in [0.05, 0.1) is 0 Å². The van der Waals surface area contributed by atoms with E-state index < -0.39 is 0 Å². The topological polar surface area (TPSA) is 12.0 Å². The van der Waals surface area contributed by atoms with E-state index in [1.54, 1.807) is 11.1 Å². The largest absolute Gasteiger partial charge is 0.312 e. The summed E-state index contributed by atoms with van der Waals surface area (Å²) < 4.78 is 0. The van der Waals surface area contributed by atoms with Gasteiger partial charge in [-0.1, -0.05) is 48.5 Å². The van der Waals surface area contributed by atoms with Crippen molar-refractivity contribution in [2.75, 3.05) is 6.54 Å². The van der Waals surface area contributed by atoms with E-state index in [9.17, 15) is 0 Å². The Bertz CT molecular complexity index is 576. The smallest absolute Gasteiger partial charge is 0.0474 e. The highest BCUT2D eigenvalue weighted by Crippen LogP contribution is 2.30. The molecular formula is C19H22ClN. The molecule has 0 saturated carbocycles. The maximum Gasteiger partial charge on any atom is 0.0474 e. The van der Waals surface area contributed by atoms with E-state index in [4.69, 9.17) is 11.6 Å². The van der Waals surface area contributed by atoms with E-state index in [0.717, 1.165) is 13.1 Å². The molecule has 1 N–H and O–H groups in total. The zero-order valence-corrected chi connectivity index (χ0v) is 13.1. The SMILES string of the molecule is ClCc1ccc(CNCC2CCCc3ccccc32)cc1. The van der Waals surface area contributed by atoms with Crippen molar-refractivity contribution in [3.63, 3.8) is 0 Å². The van der Waals surface area contributed by atoms with Crippen LogP contribution in [0.2, 0.25) is 0 Å². The average molecular weight is 300 g/mol. The maximum atomic E-state index is 5.82. The number of alkyl halides is 1. The van der Waals surface area contributed by atoms with Gasteiger partial charge >= 0.3 is 0 Å². The summed E-state index contributed by atoms with van der Waals surface area (Å²) in [6.07, 6.45) is 3.86. The minimum absolute atomic E-state index is 0.590. The van der Waals surface area contributed by atoms with E-state index in [1.807, 2.05) is 0 Å². The van der Waals surface area contributed by atoms with Crippen LogP contribution in [0.5, 0.6) is 0 Å². The van der Waals surface area contributed by atoms with Crippen LogP contribution < -0.4 is 5.32 Å². The molecule has 0 radical (unpaired) electrons. The van der Waals surface area contributed by atoms with Crippen LogP contribution in [0.4, 0.5) is 0 Å². The number of benzene rings is 2. The van der Waals surface area contributed by atoms with Gasteiger partial charge in [0.2, 0.25) is 0 Å². The van der Waals surface area contributed by atoms with Gasteiger partial charge in [-0.25, -0.2) is 0 Å². The molecule has 0 aromatic heterocycles. The Morgan fingerprint density at radius 1 is 1.00 bits per heavy atom. The van der Waals surface area contributed by atoms with Gasteiger partial charge in [-0.15, -0.1) is 11.6 Å². The van der Waals surface area contributed by atoms with Gasteiger partial charge in [0.1, 0.15) is 0 Å². The van der Waals surface area contributed by atoms with Gasteiger partial charge < -0.3 is 5.32 Å². The van der Waals surface area contributed by atoms with Crippen molar-refractivity contribution in [3.8, 4) is 0 Å². The molecule has 0 bridgehead atoms. The molecule has 21 heavy (non-hydrogen) atoms. The van der Waals surface area contributed by atoms with Crippen LogP contribution in [-0.2, 0) is 18.8 Å². The molecule has 3 rings (SSSR count). The minimum atomic E-state index is 0.590. The van der Waals surface area contributed by atoms with Gasteiger partial charge in [-0.05, 0) is 47.4 Å². The lowest BCUT2D eigenvalue weighted by Crippen LogP contribution is -2.24. The van der Waals surface area contributed by atoms with Gasteiger partial charge in [-0.3, -0.25) is 0 Å². The lowest BCUT2D eigenvalue weighted by molar-refractivity contribution is 0.507. The summed E-state index contributed by atoms with van der Waals surface area (Å²) in [5.74, 6) is 1.25. The van der Waals surface area contributed by atoms with E-state index in [-0.39, 0.29) is 0 Å². The van der Waals surface area contributed by atoms with Crippen LogP contribution in [0.1, 0.15) is 41.0 Å². The number of hydrogen-bond acceptors (Lipinski definition) is 1. The summed E-state index contributed by atoms with van der Waals surface area (Å²) in [7, 11) is 0. The third kappa shape index (κ3) is 3.66. The predicted octanol–water partition coefficient (Wildman–Crippen LogP) is 4.64. The molecule has 1 nitrogen and oxygen atoms in total. The van der Waals surface area contributed by atoms with Crippen LogP contribution in [0.15, 0.2) is 48.5 Å². The molecule has 0 amide bonds. The van der Waals surface area contributed by atoms with Crippen molar-refractivity contribution in [1.82, 2.24) is 5.32 Å². The first-order chi connectivity index (χ1) is 10.4. The average Bonchev–Trinajstić information content (AvgIpc) is 2.56. The highest BCUT2D eigenvalue weighted by atomic mass is 35.5. The molecule has 1 atom stereocenters. The van der Waals surface area contributed by atoms with Gasteiger partial charge in [0.25, 0.3) is 0 Å². The standard InChI is InChI=1S/C19H22ClN/c20-12-15-8-10-16(11-9-15)13-21-14-18-6-3-5-17-4-1-2-7-19(17)18/h1-2,4,7-11,18,21H,3,5-6,12-14H2. The second-order valence-electron chi connectivity index (χ2n) is 5.87. The van der Waals surface area contributed by atoms with Crippen LogP contribution in [0.3, 0.4) is 0 Å². The third-order valence-electron chi connectivity index (χ3n) is 4.39. The molecule has 110 valence electrons. The molecule has 1 aliphatic rings. The summed E-state index contributed by atoms with van der Waals surface area (Å²) >= 11 is 5.82. The van der Waals surface area contributed by atoms with Crippen LogP contribution in [0, 0.1) is 0 Å². The van der Waals surface area contributed by atoms with E-state index >= 15 is 0 Å². The lowest BCUT2D eigenvalue weighted by atomic mass is 9.83. The molecule has 2 aromatic carbocycles. The molecule has 0 fully saturated rings. The number of halogens is 1. The Hall–Kier alpha value is -1.31. The van der Waals surface area contributed by atoms with E-state index in [2.05, 4.69) is 53.8 Å². The van der Waals surface area contributed by atoms with Crippen LogP contribution in [-0.4, -0.2) is 6.54 Å². The van der Waals surface area contributed by atoms with Crippen molar-refractivity contribution in [2.24, 2.45) is 0 Å².